The van der Waals surface area contributed by atoms with Crippen LogP contribution >= 0.6 is 30.3 Å². The molecule has 2 atom stereocenters. The van der Waals surface area contributed by atoms with Gasteiger partial charge < -0.3 is 4.89 Å². The monoisotopic (exact) mass is 490 g/mol. The molecule has 6 heteroatoms. The minimum atomic E-state index is -4.09. The number of carbonyl (C=O) groups excluding carboxylic acids is 1. The number of carbonyl (C=O) groups is 1. The average molecular weight is 491 g/mol. The Hall–Kier alpha value is -2.75. The van der Waals surface area contributed by atoms with Crippen LogP contribution in [0.15, 0.2) is 96.4 Å². The van der Waals surface area contributed by atoms with Gasteiger partial charge in [-0.2, -0.15) is 0 Å². The second-order valence-electron chi connectivity index (χ2n) is 8.02. The molecule has 5 aromatic rings. The Kier molecular flexibility index (Phi) is 5.94. The number of fused-ring (bicyclic) bond motifs is 2. The fraction of sp³-hybridized carbons (Fsp3) is 0.0741. The summed E-state index contributed by atoms with van der Waals surface area (Å²) in [6.45, 7) is 0. The maximum atomic E-state index is 13.9. The zero-order valence-corrected chi connectivity index (χ0v) is 20.0. The highest BCUT2D eigenvalue weighted by molar-refractivity contribution is 7.67. The first-order valence-electron chi connectivity index (χ1n) is 10.5. The molecular weight excluding hydrogens is 471 g/mol. The molecule has 2 unspecified atom stereocenters. The Balaban J connectivity index is 1.61. The van der Waals surface area contributed by atoms with Crippen LogP contribution in [-0.4, -0.2) is 10.7 Å². The predicted octanol–water partition coefficient (Wildman–Crippen LogP) is 7.16. The highest BCUT2D eigenvalue weighted by atomic mass is 35.5. The number of hydrogen-bond donors (Lipinski definition) is 1. The van der Waals surface area contributed by atoms with Crippen molar-refractivity contribution >= 4 is 62.3 Å². The topological polar surface area (TPSA) is 54.4 Å². The first-order chi connectivity index (χ1) is 15.9. The van der Waals surface area contributed by atoms with Crippen LogP contribution in [0.4, 0.5) is 0 Å². The van der Waals surface area contributed by atoms with Crippen molar-refractivity contribution in [3.8, 4) is 0 Å². The molecule has 164 valence electrons. The fourth-order valence-corrected chi connectivity index (χ4v) is 7.44. The van der Waals surface area contributed by atoms with E-state index in [2.05, 4.69) is 0 Å². The van der Waals surface area contributed by atoms with Gasteiger partial charge in [0.15, 0.2) is 5.78 Å². The number of benzene rings is 4. The molecule has 33 heavy (non-hydrogen) atoms. The normalized spacial score (nSPS) is 14.2. The summed E-state index contributed by atoms with van der Waals surface area (Å²) in [5, 5.41) is 5.46. The quantitative estimate of drug-likeness (QED) is 0.257. The van der Waals surface area contributed by atoms with Gasteiger partial charge in [-0.3, -0.25) is 9.36 Å². The summed E-state index contributed by atoms with van der Waals surface area (Å²) >= 11 is 7.68. The Bertz CT molecular complexity index is 1530. The van der Waals surface area contributed by atoms with Gasteiger partial charge in [-0.1, -0.05) is 72.3 Å². The van der Waals surface area contributed by atoms with E-state index in [1.165, 1.54) is 11.3 Å². The number of hydrogen-bond acceptors (Lipinski definition) is 3. The highest BCUT2D eigenvalue weighted by Crippen LogP contribution is 2.57. The maximum absolute atomic E-state index is 13.9. The lowest BCUT2D eigenvalue weighted by Gasteiger charge is -2.23. The van der Waals surface area contributed by atoms with E-state index in [-0.39, 0.29) is 17.5 Å². The molecule has 0 aliphatic rings. The lowest BCUT2D eigenvalue weighted by atomic mass is 9.99. The molecule has 0 aliphatic heterocycles. The number of halogens is 1. The van der Waals surface area contributed by atoms with Crippen LogP contribution < -0.4 is 5.30 Å². The number of thiophene rings is 1. The van der Waals surface area contributed by atoms with Crippen molar-refractivity contribution < 1.29 is 14.3 Å². The summed E-state index contributed by atoms with van der Waals surface area (Å²) in [6.07, 6.45) is 0.0603. The lowest BCUT2D eigenvalue weighted by Crippen LogP contribution is -2.20. The summed E-state index contributed by atoms with van der Waals surface area (Å²) in [5.41, 5.74) is 0.186. The summed E-state index contributed by atoms with van der Waals surface area (Å²) < 4.78 is 14.8. The van der Waals surface area contributed by atoms with Crippen molar-refractivity contribution in [1.29, 1.82) is 0 Å². The second-order valence-corrected chi connectivity index (χ2v) is 11.6. The Morgan fingerprint density at radius 2 is 1.64 bits per heavy atom. The number of ketones is 1. The average Bonchev–Trinajstić information content (AvgIpc) is 3.22. The third kappa shape index (κ3) is 4.28. The molecule has 0 radical (unpaired) electrons. The largest absolute Gasteiger partial charge is 0.340 e. The maximum Gasteiger partial charge on any atom is 0.244 e. The molecule has 5 rings (SSSR count). The number of rotatable bonds is 6. The molecule has 1 aromatic heterocycles. The van der Waals surface area contributed by atoms with Gasteiger partial charge in [-0.25, -0.2) is 0 Å². The van der Waals surface area contributed by atoms with Crippen LogP contribution in [0, 0.1) is 0 Å². The van der Waals surface area contributed by atoms with Crippen molar-refractivity contribution in [3.05, 3.63) is 113 Å². The first kappa shape index (κ1) is 22.1. The van der Waals surface area contributed by atoms with E-state index in [0.29, 0.717) is 10.6 Å². The van der Waals surface area contributed by atoms with Gasteiger partial charge in [-0.05, 0) is 63.0 Å². The van der Waals surface area contributed by atoms with E-state index in [9.17, 15) is 14.3 Å². The molecule has 0 saturated heterocycles. The Morgan fingerprint density at radius 1 is 0.909 bits per heavy atom. The zero-order chi connectivity index (χ0) is 23.0. The van der Waals surface area contributed by atoms with E-state index in [4.69, 9.17) is 11.6 Å². The summed E-state index contributed by atoms with van der Waals surface area (Å²) in [5.74, 6) is -0.292. The molecule has 0 bridgehead atoms. The molecule has 0 spiro atoms. The van der Waals surface area contributed by atoms with E-state index in [1.54, 1.807) is 42.5 Å². The van der Waals surface area contributed by atoms with E-state index >= 15 is 0 Å². The van der Waals surface area contributed by atoms with Gasteiger partial charge in [0.1, 0.15) is 5.66 Å². The van der Waals surface area contributed by atoms with Gasteiger partial charge >= 0.3 is 0 Å². The van der Waals surface area contributed by atoms with Gasteiger partial charge in [0.25, 0.3) is 0 Å². The molecule has 0 aliphatic carbocycles. The molecule has 4 aromatic carbocycles. The Morgan fingerprint density at radius 3 is 2.42 bits per heavy atom. The van der Waals surface area contributed by atoms with E-state index < -0.39 is 13.0 Å². The fourth-order valence-electron chi connectivity index (χ4n) is 4.23. The molecule has 0 fully saturated rings. The summed E-state index contributed by atoms with van der Waals surface area (Å²) in [4.78, 5) is 25.1. The van der Waals surface area contributed by atoms with Crippen LogP contribution in [-0.2, 0) is 15.8 Å². The van der Waals surface area contributed by atoms with Crippen LogP contribution in [0.2, 0.25) is 5.02 Å². The SMILES string of the molecule is O=C(Cc1ccc2ccccc2c1)C(c1csc2ccc(Cl)cc12)P(=O)(O)c1ccccc1. The summed E-state index contributed by atoms with van der Waals surface area (Å²) in [6, 6.07) is 27.7. The van der Waals surface area contributed by atoms with E-state index in [1.807, 2.05) is 53.9 Å². The zero-order valence-electron chi connectivity index (χ0n) is 17.5. The minimum Gasteiger partial charge on any atom is -0.340 e. The second kappa shape index (κ2) is 8.89. The molecule has 1 N–H and O–H groups in total. The van der Waals surface area contributed by atoms with Gasteiger partial charge in [0.05, 0.1) is 0 Å². The minimum absolute atomic E-state index is 0.0603. The third-order valence-corrected chi connectivity index (χ3v) is 9.35. The standard InChI is InChI=1S/C27H20ClO3PS/c28-21-12-13-26-23(16-21)24(17-33-26)27(32(30,31)22-8-2-1-3-9-22)25(29)15-18-10-11-19-6-4-5-7-20(19)14-18/h1-14,16-17,27H,15H2,(H,30,31). The van der Waals surface area contributed by atoms with Gasteiger partial charge in [-0.15, -0.1) is 11.3 Å². The highest BCUT2D eigenvalue weighted by Gasteiger charge is 2.40. The number of Topliss-reactive ketones (excluding diaryl/α,β-unsaturated/α-hetero) is 1. The summed E-state index contributed by atoms with van der Waals surface area (Å²) in [7, 11) is -4.09. The van der Waals surface area contributed by atoms with Crippen LogP contribution in [0.25, 0.3) is 20.9 Å². The van der Waals surface area contributed by atoms with Crippen molar-refractivity contribution in [1.82, 2.24) is 0 Å². The van der Waals surface area contributed by atoms with Crippen LogP contribution in [0.5, 0.6) is 0 Å². The van der Waals surface area contributed by atoms with Crippen LogP contribution in [0.1, 0.15) is 16.8 Å². The Labute approximate surface area is 200 Å². The molecular formula is C27H20ClO3PS. The first-order valence-corrected chi connectivity index (χ1v) is 13.5. The van der Waals surface area contributed by atoms with Gasteiger partial charge in [0.2, 0.25) is 7.37 Å². The van der Waals surface area contributed by atoms with E-state index in [0.717, 1.165) is 26.4 Å². The third-order valence-electron chi connectivity index (χ3n) is 5.83. The predicted molar refractivity (Wildman–Crippen MR) is 138 cm³/mol. The smallest absolute Gasteiger partial charge is 0.244 e. The van der Waals surface area contributed by atoms with Crippen molar-refractivity contribution in [3.63, 3.8) is 0 Å². The lowest BCUT2D eigenvalue weighted by molar-refractivity contribution is -0.118. The molecule has 1 heterocycles. The van der Waals surface area contributed by atoms with Crippen molar-refractivity contribution in [2.75, 3.05) is 0 Å². The van der Waals surface area contributed by atoms with Gasteiger partial charge in [0, 0.05) is 21.4 Å². The van der Waals surface area contributed by atoms with Crippen LogP contribution in [0.3, 0.4) is 0 Å². The molecule has 0 amide bonds. The molecule has 3 nitrogen and oxygen atoms in total. The molecule has 0 saturated carbocycles. The van der Waals surface area contributed by atoms with Crippen molar-refractivity contribution in [2.45, 2.75) is 12.1 Å². The van der Waals surface area contributed by atoms with Crippen molar-refractivity contribution in [2.24, 2.45) is 0 Å².